The summed E-state index contributed by atoms with van der Waals surface area (Å²) in [7, 11) is -0.404. The summed E-state index contributed by atoms with van der Waals surface area (Å²) in [6.45, 7) is 11.5. The SMILES string of the molecule is COC(=O)c1ccc(CO[Si](C)(C)C(C)(C)C)nc1. The summed E-state index contributed by atoms with van der Waals surface area (Å²) in [5, 5.41) is 0.180. The zero-order valence-corrected chi connectivity index (χ0v) is 13.6. The molecule has 0 saturated carbocycles. The fraction of sp³-hybridized carbons (Fsp3) is 0.571. The Labute approximate surface area is 116 Å². The Hall–Kier alpha value is -1.20. The molecule has 0 atom stereocenters. The highest BCUT2D eigenvalue weighted by molar-refractivity contribution is 6.74. The molecule has 106 valence electrons. The van der Waals surface area contributed by atoms with Crippen LogP contribution in [-0.2, 0) is 15.8 Å². The molecule has 0 spiro atoms. The summed E-state index contributed by atoms with van der Waals surface area (Å²) in [4.78, 5) is 15.5. The Morgan fingerprint density at radius 3 is 2.37 bits per heavy atom. The van der Waals surface area contributed by atoms with E-state index in [4.69, 9.17) is 4.43 Å². The molecular weight excluding hydrogens is 258 g/mol. The molecule has 0 amide bonds. The molecule has 4 nitrogen and oxygen atoms in total. The molecule has 0 unspecified atom stereocenters. The predicted molar refractivity (Wildman–Crippen MR) is 77.6 cm³/mol. The van der Waals surface area contributed by atoms with Gasteiger partial charge < -0.3 is 9.16 Å². The Morgan fingerprint density at radius 1 is 1.32 bits per heavy atom. The van der Waals surface area contributed by atoms with Crippen LogP contribution in [-0.4, -0.2) is 26.4 Å². The Bertz CT molecular complexity index is 435. The number of ether oxygens (including phenoxy) is 1. The summed E-state index contributed by atoms with van der Waals surface area (Å²) in [5.74, 6) is -0.371. The van der Waals surface area contributed by atoms with Gasteiger partial charge in [-0.25, -0.2) is 4.79 Å². The number of carbonyl (C=O) groups is 1. The van der Waals surface area contributed by atoms with Gasteiger partial charge in [-0.1, -0.05) is 20.8 Å². The average molecular weight is 281 g/mol. The third-order valence-corrected chi connectivity index (χ3v) is 8.11. The maximum absolute atomic E-state index is 11.3. The van der Waals surface area contributed by atoms with E-state index in [1.165, 1.54) is 13.3 Å². The second kappa shape index (κ2) is 5.84. The van der Waals surface area contributed by atoms with Crippen LogP contribution in [0.3, 0.4) is 0 Å². The number of hydrogen-bond acceptors (Lipinski definition) is 4. The molecule has 0 aromatic carbocycles. The van der Waals surface area contributed by atoms with E-state index in [0.29, 0.717) is 12.2 Å². The number of carbonyl (C=O) groups excluding carboxylic acids is 1. The highest BCUT2D eigenvalue weighted by Crippen LogP contribution is 2.36. The quantitative estimate of drug-likeness (QED) is 0.627. The van der Waals surface area contributed by atoms with Gasteiger partial charge in [-0.2, -0.15) is 0 Å². The van der Waals surface area contributed by atoms with Gasteiger partial charge in [0.05, 0.1) is 25.0 Å². The van der Waals surface area contributed by atoms with Crippen LogP contribution in [0.4, 0.5) is 0 Å². The topological polar surface area (TPSA) is 48.4 Å². The van der Waals surface area contributed by atoms with Crippen molar-refractivity contribution in [2.75, 3.05) is 7.11 Å². The highest BCUT2D eigenvalue weighted by Gasteiger charge is 2.37. The minimum atomic E-state index is -1.76. The lowest BCUT2D eigenvalue weighted by molar-refractivity contribution is 0.0600. The van der Waals surface area contributed by atoms with E-state index in [2.05, 4.69) is 43.6 Å². The molecule has 0 bridgehead atoms. The first-order valence-corrected chi connectivity index (χ1v) is 9.25. The van der Waals surface area contributed by atoms with Crippen molar-refractivity contribution in [1.82, 2.24) is 4.98 Å². The van der Waals surface area contributed by atoms with Gasteiger partial charge in [-0.05, 0) is 30.3 Å². The van der Waals surface area contributed by atoms with Crippen LogP contribution in [0, 0.1) is 0 Å². The lowest BCUT2D eigenvalue weighted by Gasteiger charge is -2.36. The van der Waals surface area contributed by atoms with Crippen molar-refractivity contribution < 1.29 is 14.0 Å². The van der Waals surface area contributed by atoms with Gasteiger partial charge in [0.15, 0.2) is 8.32 Å². The largest absolute Gasteiger partial charge is 0.465 e. The van der Waals surface area contributed by atoms with Crippen molar-refractivity contribution >= 4 is 14.3 Å². The second-order valence-electron chi connectivity index (χ2n) is 6.08. The smallest absolute Gasteiger partial charge is 0.339 e. The minimum Gasteiger partial charge on any atom is -0.465 e. The summed E-state index contributed by atoms with van der Waals surface area (Å²) >= 11 is 0. The molecule has 0 N–H and O–H groups in total. The zero-order chi connectivity index (χ0) is 14.7. The number of methoxy groups -OCH3 is 1. The fourth-order valence-corrected chi connectivity index (χ4v) is 2.16. The van der Waals surface area contributed by atoms with Crippen LogP contribution in [0.2, 0.25) is 18.1 Å². The van der Waals surface area contributed by atoms with Crippen LogP contribution < -0.4 is 0 Å². The molecule has 1 aromatic heterocycles. The fourth-order valence-electron chi connectivity index (χ4n) is 1.22. The summed E-state index contributed by atoms with van der Waals surface area (Å²) in [6.07, 6.45) is 1.52. The van der Waals surface area contributed by atoms with Crippen LogP contribution in [0.25, 0.3) is 0 Å². The van der Waals surface area contributed by atoms with Gasteiger partial charge in [0, 0.05) is 6.20 Å². The predicted octanol–water partition coefficient (Wildman–Crippen LogP) is 3.39. The molecule has 19 heavy (non-hydrogen) atoms. The lowest BCUT2D eigenvalue weighted by Crippen LogP contribution is -2.40. The van der Waals surface area contributed by atoms with Crippen molar-refractivity contribution in [3.8, 4) is 0 Å². The van der Waals surface area contributed by atoms with E-state index < -0.39 is 8.32 Å². The van der Waals surface area contributed by atoms with E-state index in [1.807, 2.05) is 0 Å². The van der Waals surface area contributed by atoms with Crippen molar-refractivity contribution in [3.63, 3.8) is 0 Å². The molecule has 1 aromatic rings. The maximum atomic E-state index is 11.3. The van der Waals surface area contributed by atoms with E-state index in [-0.39, 0.29) is 11.0 Å². The zero-order valence-electron chi connectivity index (χ0n) is 12.6. The molecular formula is C14H23NO3Si. The lowest BCUT2D eigenvalue weighted by atomic mass is 10.2. The number of nitrogens with zero attached hydrogens (tertiary/aromatic N) is 1. The summed E-state index contributed by atoms with van der Waals surface area (Å²) < 4.78 is 10.7. The summed E-state index contributed by atoms with van der Waals surface area (Å²) in [6, 6.07) is 3.52. The molecule has 5 heteroatoms. The van der Waals surface area contributed by atoms with Crippen LogP contribution in [0.1, 0.15) is 36.8 Å². The van der Waals surface area contributed by atoms with Crippen LogP contribution >= 0.6 is 0 Å². The van der Waals surface area contributed by atoms with Crippen molar-refractivity contribution in [2.24, 2.45) is 0 Å². The monoisotopic (exact) mass is 281 g/mol. The first kappa shape index (κ1) is 15.9. The second-order valence-corrected chi connectivity index (χ2v) is 10.9. The summed E-state index contributed by atoms with van der Waals surface area (Å²) in [5.41, 5.74) is 1.29. The normalized spacial score (nSPS) is 12.3. The minimum absolute atomic E-state index is 0.180. The number of aromatic nitrogens is 1. The molecule has 0 saturated heterocycles. The molecule has 1 heterocycles. The van der Waals surface area contributed by atoms with E-state index in [9.17, 15) is 4.79 Å². The average Bonchev–Trinajstić information content (AvgIpc) is 2.35. The Balaban J connectivity index is 2.67. The van der Waals surface area contributed by atoms with Gasteiger partial charge >= 0.3 is 5.97 Å². The maximum Gasteiger partial charge on any atom is 0.339 e. The van der Waals surface area contributed by atoms with Crippen molar-refractivity contribution in [2.45, 2.75) is 45.5 Å². The molecule has 0 radical (unpaired) electrons. The first-order valence-electron chi connectivity index (χ1n) is 6.34. The van der Waals surface area contributed by atoms with Gasteiger partial charge in [0.2, 0.25) is 0 Å². The number of hydrogen-bond donors (Lipinski definition) is 0. The number of rotatable bonds is 4. The molecule has 1 rings (SSSR count). The van der Waals surface area contributed by atoms with E-state index in [0.717, 1.165) is 5.69 Å². The van der Waals surface area contributed by atoms with Crippen molar-refractivity contribution in [1.29, 1.82) is 0 Å². The highest BCUT2D eigenvalue weighted by atomic mass is 28.4. The molecule has 0 aliphatic carbocycles. The Morgan fingerprint density at radius 2 is 1.95 bits per heavy atom. The van der Waals surface area contributed by atoms with Crippen LogP contribution in [0.15, 0.2) is 18.3 Å². The van der Waals surface area contributed by atoms with Gasteiger partial charge in [-0.3, -0.25) is 4.98 Å². The van der Waals surface area contributed by atoms with Gasteiger partial charge in [0.25, 0.3) is 0 Å². The third-order valence-electron chi connectivity index (χ3n) is 3.63. The molecule has 0 aliphatic rings. The standard InChI is InChI=1S/C14H23NO3Si/c1-14(2,3)19(5,6)18-10-12-8-7-11(9-15-12)13(16)17-4/h7-9H,10H2,1-6H3. The number of pyridine rings is 1. The van der Waals surface area contributed by atoms with Gasteiger partial charge in [0.1, 0.15) is 0 Å². The third kappa shape index (κ3) is 4.14. The molecule has 0 fully saturated rings. The van der Waals surface area contributed by atoms with Crippen LogP contribution in [0.5, 0.6) is 0 Å². The van der Waals surface area contributed by atoms with E-state index in [1.54, 1.807) is 12.1 Å². The first-order chi connectivity index (χ1) is 8.67. The van der Waals surface area contributed by atoms with E-state index >= 15 is 0 Å². The van der Waals surface area contributed by atoms with Crippen molar-refractivity contribution in [3.05, 3.63) is 29.6 Å². The number of esters is 1. The molecule has 0 aliphatic heterocycles. The van der Waals surface area contributed by atoms with Gasteiger partial charge in [-0.15, -0.1) is 0 Å². The Kier molecular flexibility index (Phi) is 4.87.